The summed E-state index contributed by atoms with van der Waals surface area (Å²) >= 11 is 9.26. The fourth-order valence-electron chi connectivity index (χ4n) is 1.74. The summed E-state index contributed by atoms with van der Waals surface area (Å²) in [5, 5.41) is 4.24. The molecule has 0 radical (unpaired) electrons. The summed E-state index contributed by atoms with van der Waals surface area (Å²) in [5.41, 5.74) is 5.79. The summed E-state index contributed by atoms with van der Waals surface area (Å²) in [6.07, 6.45) is 0. The van der Waals surface area contributed by atoms with E-state index in [1.807, 2.05) is 0 Å². The zero-order chi connectivity index (χ0) is 15.6. The van der Waals surface area contributed by atoms with E-state index >= 15 is 0 Å². The molecule has 1 heterocycles. The van der Waals surface area contributed by atoms with Crippen LogP contribution in [-0.4, -0.2) is 21.6 Å². The summed E-state index contributed by atoms with van der Waals surface area (Å²) in [7, 11) is 1.63. The molecule has 0 unspecified atom stereocenters. The zero-order valence-electron chi connectivity index (χ0n) is 11.3. The quantitative estimate of drug-likeness (QED) is 0.795. The second-order valence-electron chi connectivity index (χ2n) is 4.29. The number of nitrogens with zero attached hydrogens (tertiary/aromatic N) is 2. The number of hydrogen-bond acceptors (Lipinski definition) is 3. The second-order valence-corrected chi connectivity index (χ2v) is 5.56. The van der Waals surface area contributed by atoms with E-state index in [1.165, 1.54) is 4.68 Å². The van der Waals surface area contributed by atoms with Crippen molar-refractivity contribution < 1.29 is 9.59 Å². The van der Waals surface area contributed by atoms with Gasteiger partial charge in [-0.1, -0.05) is 27.5 Å². The standard InChI is InChI=1S/C13H12BrClN4O2/c1-7-10(11(15)19(2)18-7)13(21)17-16-12(20)8-3-5-9(14)6-4-8/h3-6H,1-2H3,(H,16,20)(H,17,21). The van der Waals surface area contributed by atoms with Gasteiger partial charge in [-0.3, -0.25) is 25.1 Å². The summed E-state index contributed by atoms with van der Waals surface area (Å²) < 4.78 is 2.25. The monoisotopic (exact) mass is 370 g/mol. The van der Waals surface area contributed by atoms with Crippen LogP contribution in [0.25, 0.3) is 0 Å². The Hall–Kier alpha value is -1.86. The molecule has 1 aromatic heterocycles. The first kappa shape index (κ1) is 15.5. The van der Waals surface area contributed by atoms with E-state index in [9.17, 15) is 9.59 Å². The molecule has 0 saturated carbocycles. The number of halogens is 2. The Morgan fingerprint density at radius 3 is 2.29 bits per heavy atom. The van der Waals surface area contributed by atoms with Gasteiger partial charge in [0, 0.05) is 17.1 Å². The van der Waals surface area contributed by atoms with E-state index in [2.05, 4.69) is 31.9 Å². The van der Waals surface area contributed by atoms with Crippen LogP contribution in [0, 0.1) is 6.92 Å². The second kappa shape index (κ2) is 6.28. The highest BCUT2D eigenvalue weighted by Crippen LogP contribution is 2.18. The van der Waals surface area contributed by atoms with Crippen molar-refractivity contribution in [1.82, 2.24) is 20.6 Å². The first-order valence-corrected chi connectivity index (χ1v) is 7.12. The first-order chi connectivity index (χ1) is 9.90. The lowest BCUT2D eigenvalue weighted by Crippen LogP contribution is -2.41. The van der Waals surface area contributed by atoms with Gasteiger partial charge in [-0.05, 0) is 31.2 Å². The van der Waals surface area contributed by atoms with Crippen LogP contribution in [-0.2, 0) is 7.05 Å². The van der Waals surface area contributed by atoms with Crippen LogP contribution < -0.4 is 10.9 Å². The van der Waals surface area contributed by atoms with E-state index in [-0.39, 0.29) is 10.7 Å². The third-order valence-corrected chi connectivity index (χ3v) is 3.74. The number of aromatic nitrogens is 2. The van der Waals surface area contributed by atoms with Crippen LogP contribution in [0.3, 0.4) is 0 Å². The largest absolute Gasteiger partial charge is 0.274 e. The van der Waals surface area contributed by atoms with Gasteiger partial charge in [0.25, 0.3) is 11.8 Å². The number of aryl methyl sites for hydroxylation is 2. The maximum Gasteiger partial charge on any atom is 0.274 e. The molecule has 0 atom stereocenters. The van der Waals surface area contributed by atoms with Crippen LogP contribution in [0.2, 0.25) is 5.15 Å². The molecule has 0 saturated heterocycles. The highest BCUT2D eigenvalue weighted by Gasteiger charge is 2.19. The summed E-state index contributed by atoms with van der Waals surface area (Å²) in [4.78, 5) is 23.9. The Balaban J connectivity index is 2.04. The molecule has 0 spiro atoms. The van der Waals surface area contributed by atoms with Crippen molar-refractivity contribution in [3.63, 3.8) is 0 Å². The van der Waals surface area contributed by atoms with Gasteiger partial charge in [-0.15, -0.1) is 0 Å². The number of hydrazine groups is 1. The molecule has 2 rings (SSSR count). The molecule has 1 aromatic carbocycles. The van der Waals surface area contributed by atoms with Crippen LogP contribution >= 0.6 is 27.5 Å². The number of rotatable bonds is 2. The lowest BCUT2D eigenvalue weighted by molar-refractivity contribution is 0.0846. The highest BCUT2D eigenvalue weighted by atomic mass is 79.9. The minimum absolute atomic E-state index is 0.211. The molecule has 2 aromatic rings. The number of nitrogens with one attached hydrogen (secondary N) is 2. The number of carbonyl (C=O) groups excluding carboxylic acids is 2. The smallest absolute Gasteiger partial charge is 0.267 e. The van der Waals surface area contributed by atoms with Gasteiger partial charge in [-0.2, -0.15) is 5.10 Å². The Labute approximate surface area is 134 Å². The van der Waals surface area contributed by atoms with E-state index in [1.54, 1.807) is 38.2 Å². The zero-order valence-corrected chi connectivity index (χ0v) is 13.6. The van der Waals surface area contributed by atoms with Crippen LogP contribution in [0.5, 0.6) is 0 Å². The number of benzene rings is 1. The Morgan fingerprint density at radius 2 is 1.76 bits per heavy atom. The lowest BCUT2D eigenvalue weighted by Gasteiger charge is -2.07. The Kier molecular flexibility index (Phi) is 4.64. The molecule has 0 aliphatic heterocycles. The maximum absolute atomic E-state index is 12.0. The Morgan fingerprint density at radius 1 is 1.19 bits per heavy atom. The summed E-state index contributed by atoms with van der Waals surface area (Å²) in [6, 6.07) is 6.74. The predicted octanol–water partition coefficient (Wildman–Crippen LogP) is 2.22. The minimum atomic E-state index is -0.518. The molecule has 2 N–H and O–H groups in total. The molecule has 0 aliphatic rings. The average molecular weight is 372 g/mol. The van der Waals surface area contributed by atoms with Crippen LogP contribution in [0.15, 0.2) is 28.7 Å². The van der Waals surface area contributed by atoms with Crippen molar-refractivity contribution in [3.05, 3.63) is 50.7 Å². The molecule has 21 heavy (non-hydrogen) atoms. The number of amides is 2. The molecule has 0 bridgehead atoms. The Bertz CT molecular complexity index is 697. The van der Waals surface area contributed by atoms with Crippen molar-refractivity contribution in [1.29, 1.82) is 0 Å². The van der Waals surface area contributed by atoms with E-state index < -0.39 is 11.8 Å². The van der Waals surface area contributed by atoms with Crippen molar-refractivity contribution >= 4 is 39.3 Å². The topological polar surface area (TPSA) is 76.0 Å². The molecule has 6 nitrogen and oxygen atoms in total. The van der Waals surface area contributed by atoms with E-state index in [0.717, 1.165) is 4.47 Å². The lowest BCUT2D eigenvalue weighted by atomic mass is 10.2. The first-order valence-electron chi connectivity index (χ1n) is 5.95. The van der Waals surface area contributed by atoms with Crippen molar-refractivity contribution in [2.24, 2.45) is 7.05 Å². The normalized spacial score (nSPS) is 10.3. The van der Waals surface area contributed by atoms with Crippen molar-refractivity contribution in [2.45, 2.75) is 6.92 Å². The predicted molar refractivity (Wildman–Crippen MR) is 82.0 cm³/mol. The highest BCUT2D eigenvalue weighted by molar-refractivity contribution is 9.10. The van der Waals surface area contributed by atoms with Crippen LogP contribution in [0.1, 0.15) is 26.4 Å². The van der Waals surface area contributed by atoms with Crippen molar-refractivity contribution in [2.75, 3.05) is 0 Å². The SMILES string of the molecule is Cc1nn(C)c(Cl)c1C(=O)NNC(=O)c1ccc(Br)cc1. The van der Waals surface area contributed by atoms with Gasteiger partial charge >= 0.3 is 0 Å². The van der Waals surface area contributed by atoms with Gasteiger partial charge in [0.05, 0.1) is 5.69 Å². The van der Waals surface area contributed by atoms with Gasteiger partial charge in [0.1, 0.15) is 10.7 Å². The number of carbonyl (C=O) groups is 2. The van der Waals surface area contributed by atoms with Crippen molar-refractivity contribution in [3.8, 4) is 0 Å². The molecule has 8 heteroatoms. The van der Waals surface area contributed by atoms with E-state index in [4.69, 9.17) is 11.6 Å². The van der Waals surface area contributed by atoms with E-state index in [0.29, 0.717) is 11.3 Å². The fraction of sp³-hybridized carbons (Fsp3) is 0.154. The number of hydrogen-bond donors (Lipinski definition) is 2. The fourth-order valence-corrected chi connectivity index (χ4v) is 2.26. The van der Waals surface area contributed by atoms with Gasteiger partial charge in [0.2, 0.25) is 0 Å². The summed E-state index contributed by atoms with van der Waals surface area (Å²) in [6.45, 7) is 1.66. The minimum Gasteiger partial charge on any atom is -0.267 e. The van der Waals surface area contributed by atoms with Crippen LogP contribution in [0.4, 0.5) is 0 Å². The molecule has 0 fully saturated rings. The summed E-state index contributed by atoms with van der Waals surface area (Å²) in [5.74, 6) is -0.940. The average Bonchev–Trinajstić information content (AvgIpc) is 2.70. The van der Waals surface area contributed by atoms with Gasteiger partial charge in [-0.25, -0.2) is 0 Å². The molecule has 110 valence electrons. The molecule has 2 amide bonds. The molecule has 0 aliphatic carbocycles. The third-order valence-electron chi connectivity index (χ3n) is 2.78. The van der Waals surface area contributed by atoms with Gasteiger partial charge in [0.15, 0.2) is 0 Å². The van der Waals surface area contributed by atoms with Gasteiger partial charge < -0.3 is 0 Å². The molecular formula is C13H12BrClN4O2. The maximum atomic E-state index is 12.0. The third kappa shape index (κ3) is 3.43. The molecular weight excluding hydrogens is 360 g/mol.